The number of nitrogens with one attached hydrogen (secondary N) is 1. The lowest BCUT2D eigenvalue weighted by Gasteiger charge is -2.57. The summed E-state index contributed by atoms with van der Waals surface area (Å²) in [4.78, 5) is 23.6. The summed E-state index contributed by atoms with van der Waals surface area (Å²) in [5, 5.41) is 11.8. The van der Waals surface area contributed by atoms with Crippen LogP contribution in [0.3, 0.4) is 0 Å². The molecule has 0 radical (unpaired) electrons. The molecule has 0 saturated heterocycles. The van der Waals surface area contributed by atoms with E-state index in [0.717, 1.165) is 0 Å². The molecule has 0 spiro atoms. The van der Waals surface area contributed by atoms with E-state index in [1.54, 1.807) is 11.8 Å². The monoisotopic (exact) mass is 318 g/mol. The van der Waals surface area contributed by atoms with E-state index in [4.69, 9.17) is 10.5 Å². The number of hydrogen-bond donors (Lipinski definition) is 3. The fraction of sp³-hybridized carbons (Fsp3) is 0.857. The Morgan fingerprint density at radius 2 is 2.14 bits per heavy atom. The van der Waals surface area contributed by atoms with Crippen molar-refractivity contribution in [2.24, 2.45) is 11.1 Å². The van der Waals surface area contributed by atoms with E-state index in [1.807, 2.05) is 27.0 Å². The summed E-state index contributed by atoms with van der Waals surface area (Å²) in [5.41, 5.74) is 4.63. The Morgan fingerprint density at radius 3 is 2.57 bits per heavy atom. The molecule has 3 atom stereocenters. The second kappa shape index (κ2) is 6.98. The second-order valence-electron chi connectivity index (χ2n) is 5.99. The summed E-state index contributed by atoms with van der Waals surface area (Å²) >= 11 is 1.54. The van der Waals surface area contributed by atoms with Crippen molar-refractivity contribution in [1.82, 2.24) is 5.32 Å². The normalized spacial score (nSPS) is 28.5. The van der Waals surface area contributed by atoms with Gasteiger partial charge in [0.05, 0.1) is 6.10 Å². The summed E-state index contributed by atoms with van der Waals surface area (Å²) < 4.78 is 5.58. The lowest BCUT2D eigenvalue weighted by atomic mass is 9.54. The van der Waals surface area contributed by atoms with Gasteiger partial charge in [-0.15, -0.1) is 0 Å². The van der Waals surface area contributed by atoms with Gasteiger partial charge in [-0.1, -0.05) is 13.8 Å². The van der Waals surface area contributed by atoms with Crippen molar-refractivity contribution in [3.63, 3.8) is 0 Å². The van der Waals surface area contributed by atoms with E-state index in [9.17, 15) is 14.7 Å². The molecule has 3 unspecified atom stereocenters. The van der Waals surface area contributed by atoms with Crippen LogP contribution >= 0.6 is 11.8 Å². The molecular weight excluding hydrogens is 292 g/mol. The van der Waals surface area contributed by atoms with E-state index in [1.165, 1.54) is 0 Å². The molecule has 21 heavy (non-hydrogen) atoms. The summed E-state index contributed by atoms with van der Waals surface area (Å²) in [6, 6.07) is -0.896. The molecule has 0 aromatic heterocycles. The van der Waals surface area contributed by atoms with Gasteiger partial charge >= 0.3 is 5.97 Å². The highest BCUT2D eigenvalue weighted by molar-refractivity contribution is 7.98. The van der Waals surface area contributed by atoms with Crippen molar-refractivity contribution in [3.8, 4) is 0 Å². The lowest BCUT2D eigenvalue weighted by molar-refractivity contribution is -0.172. The highest BCUT2D eigenvalue weighted by Crippen LogP contribution is 2.49. The van der Waals surface area contributed by atoms with Crippen molar-refractivity contribution >= 4 is 23.6 Å². The van der Waals surface area contributed by atoms with Crippen molar-refractivity contribution in [2.75, 3.05) is 18.6 Å². The topological polar surface area (TPSA) is 102 Å². The number of aliphatic carboxylic acids is 1. The van der Waals surface area contributed by atoms with Gasteiger partial charge in [-0.3, -0.25) is 4.79 Å². The van der Waals surface area contributed by atoms with Crippen molar-refractivity contribution < 1.29 is 19.4 Å². The van der Waals surface area contributed by atoms with Gasteiger partial charge < -0.3 is 20.9 Å². The predicted molar refractivity (Wildman–Crippen MR) is 83.3 cm³/mol. The number of amides is 1. The third-order valence-corrected chi connectivity index (χ3v) is 5.09. The zero-order valence-corrected chi connectivity index (χ0v) is 14.0. The first-order valence-electron chi connectivity index (χ1n) is 7.14. The number of ether oxygens (including phenoxy) is 1. The molecule has 1 saturated carbocycles. The molecule has 1 amide bonds. The van der Waals surface area contributed by atoms with Crippen LogP contribution in [0, 0.1) is 5.41 Å². The van der Waals surface area contributed by atoms with Gasteiger partial charge in [-0.2, -0.15) is 11.8 Å². The average Bonchev–Trinajstić information content (AvgIpc) is 2.42. The highest BCUT2D eigenvalue weighted by atomic mass is 32.2. The smallest absolute Gasteiger partial charge is 0.326 e. The van der Waals surface area contributed by atoms with Crippen molar-refractivity contribution in [3.05, 3.63) is 0 Å². The van der Waals surface area contributed by atoms with Crippen molar-refractivity contribution in [2.45, 2.75) is 51.3 Å². The number of nitrogens with two attached hydrogens (primary N) is 1. The number of carboxylic acid groups (broad SMARTS) is 1. The van der Waals surface area contributed by atoms with Gasteiger partial charge in [0.15, 0.2) is 0 Å². The number of thioether (sulfide) groups is 1. The fourth-order valence-electron chi connectivity index (χ4n) is 2.60. The minimum Gasteiger partial charge on any atom is -0.480 e. The van der Waals surface area contributed by atoms with Crippen molar-refractivity contribution in [1.29, 1.82) is 0 Å². The zero-order chi connectivity index (χ0) is 16.3. The quantitative estimate of drug-likeness (QED) is 0.613. The first kappa shape index (κ1) is 18.3. The van der Waals surface area contributed by atoms with Crippen LogP contribution < -0.4 is 11.1 Å². The van der Waals surface area contributed by atoms with E-state index >= 15 is 0 Å². The van der Waals surface area contributed by atoms with E-state index in [0.29, 0.717) is 25.2 Å². The molecule has 4 N–H and O–H groups in total. The minimum atomic E-state index is -1.08. The van der Waals surface area contributed by atoms with Crippen LogP contribution in [0.25, 0.3) is 0 Å². The summed E-state index contributed by atoms with van der Waals surface area (Å²) in [7, 11) is 0. The van der Waals surface area contributed by atoms with E-state index in [2.05, 4.69) is 5.32 Å². The highest BCUT2D eigenvalue weighted by Gasteiger charge is 2.63. The molecule has 1 rings (SSSR count). The first-order valence-corrected chi connectivity index (χ1v) is 8.53. The molecule has 1 aliphatic rings. The molecule has 0 heterocycles. The summed E-state index contributed by atoms with van der Waals surface area (Å²) in [6.07, 6.45) is 2.61. The maximum atomic E-state index is 12.4. The maximum Gasteiger partial charge on any atom is 0.326 e. The molecular formula is C14H26N2O4S. The SMILES string of the molecule is CCOC1CC(N)(C(=O)NC(CCSC)C(=O)O)C1(C)C. The standard InChI is InChI=1S/C14H26N2O4S/c1-5-20-10-8-14(15,13(10,2)3)12(19)16-9(11(17)18)6-7-21-4/h9-10H,5-8,15H2,1-4H3,(H,16,19)(H,17,18). The Hall–Kier alpha value is -0.790. The van der Waals surface area contributed by atoms with Gasteiger partial charge in [0, 0.05) is 18.4 Å². The van der Waals surface area contributed by atoms with Crippen LogP contribution in [0.15, 0.2) is 0 Å². The third kappa shape index (κ3) is 3.52. The Kier molecular flexibility index (Phi) is 6.07. The summed E-state index contributed by atoms with van der Waals surface area (Å²) in [5.74, 6) is -0.767. The van der Waals surface area contributed by atoms with Gasteiger partial charge in [0.1, 0.15) is 11.6 Å². The van der Waals surface area contributed by atoms with Crippen LogP contribution in [0.5, 0.6) is 0 Å². The van der Waals surface area contributed by atoms with Gasteiger partial charge in [0.2, 0.25) is 5.91 Å². The number of carbonyl (C=O) groups is 2. The second-order valence-corrected chi connectivity index (χ2v) is 6.97. The number of carbonyl (C=O) groups excluding carboxylic acids is 1. The van der Waals surface area contributed by atoms with E-state index < -0.39 is 28.9 Å². The molecule has 7 heteroatoms. The van der Waals surface area contributed by atoms with Crippen LogP contribution in [0.4, 0.5) is 0 Å². The van der Waals surface area contributed by atoms with Gasteiger partial charge in [-0.25, -0.2) is 4.79 Å². The van der Waals surface area contributed by atoms with Gasteiger partial charge in [-0.05, 0) is 25.4 Å². The number of hydrogen-bond acceptors (Lipinski definition) is 5. The largest absolute Gasteiger partial charge is 0.480 e. The van der Waals surface area contributed by atoms with E-state index in [-0.39, 0.29) is 6.10 Å². The molecule has 122 valence electrons. The number of rotatable bonds is 8. The van der Waals surface area contributed by atoms with Gasteiger partial charge in [0.25, 0.3) is 0 Å². The Balaban J connectivity index is 2.72. The molecule has 0 aliphatic heterocycles. The van der Waals surface area contributed by atoms with Crippen LogP contribution in [-0.2, 0) is 14.3 Å². The third-order valence-electron chi connectivity index (χ3n) is 4.45. The minimum absolute atomic E-state index is 0.0762. The van der Waals surface area contributed by atoms with Crippen LogP contribution in [0.2, 0.25) is 0 Å². The Morgan fingerprint density at radius 1 is 1.52 bits per heavy atom. The molecule has 0 aromatic carbocycles. The van der Waals surface area contributed by atoms with Crippen LogP contribution in [-0.4, -0.2) is 53.3 Å². The summed E-state index contributed by atoms with van der Waals surface area (Å²) in [6.45, 7) is 6.23. The molecule has 1 aliphatic carbocycles. The zero-order valence-electron chi connectivity index (χ0n) is 13.1. The molecule has 1 fully saturated rings. The fourth-order valence-corrected chi connectivity index (χ4v) is 3.07. The lowest BCUT2D eigenvalue weighted by Crippen LogP contribution is -2.76. The molecule has 0 aromatic rings. The maximum absolute atomic E-state index is 12.4. The van der Waals surface area contributed by atoms with Crippen LogP contribution in [0.1, 0.15) is 33.6 Å². The Bertz CT molecular complexity index is 402. The Labute approximate surface area is 130 Å². The predicted octanol–water partition coefficient (Wildman–Crippen LogP) is 0.841. The molecule has 6 nitrogen and oxygen atoms in total. The first-order chi connectivity index (χ1) is 9.70. The average molecular weight is 318 g/mol. The molecule has 0 bridgehead atoms. The number of carboxylic acids is 1.